The lowest BCUT2D eigenvalue weighted by molar-refractivity contribution is -0.192. The molecule has 234 valence electrons. The number of rotatable bonds is 9. The van der Waals surface area contributed by atoms with E-state index in [1.807, 2.05) is 36.1 Å². The van der Waals surface area contributed by atoms with Crippen molar-refractivity contribution in [2.24, 2.45) is 11.8 Å². The van der Waals surface area contributed by atoms with E-state index in [9.17, 15) is 26.4 Å². The summed E-state index contributed by atoms with van der Waals surface area (Å²) < 4.78 is 61.5. The number of sulfonamides is 1. The number of nitrogens with one attached hydrogen (secondary N) is 2. The number of carboxylic acids is 1. The highest BCUT2D eigenvalue weighted by Gasteiger charge is 2.38. The number of benzene rings is 2. The zero-order chi connectivity index (χ0) is 31.8. The number of alkyl halides is 3. The number of carbonyl (C=O) groups excluding carboxylic acids is 1. The van der Waals surface area contributed by atoms with Gasteiger partial charge in [0.05, 0.1) is 16.3 Å². The number of aryl methyl sites for hydroxylation is 2. The number of nitrogens with zero attached hydrogens (tertiary/aromatic N) is 2. The molecule has 1 saturated heterocycles. The molecule has 0 spiro atoms. The van der Waals surface area contributed by atoms with E-state index in [4.69, 9.17) is 9.90 Å². The molecule has 1 aliphatic heterocycles. The largest absolute Gasteiger partial charge is 0.490 e. The van der Waals surface area contributed by atoms with E-state index in [2.05, 4.69) is 42.6 Å². The van der Waals surface area contributed by atoms with Crippen LogP contribution in [0.2, 0.25) is 0 Å². The van der Waals surface area contributed by atoms with E-state index >= 15 is 0 Å². The highest BCUT2D eigenvalue weighted by atomic mass is 32.2. The zero-order valence-electron chi connectivity index (χ0n) is 24.9. The lowest BCUT2D eigenvalue weighted by Gasteiger charge is -2.32. The maximum Gasteiger partial charge on any atom is 0.490 e. The summed E-state index contributed by atoms with van der Waals surface area (Å²) >= 11 is 0. The van der Waals surface area contributed by atoms with Gasteiger partial charge >= 0.3 is 12.1 Å². The third-order valence-corrected chi connectivity index (χ3v) is 7.79. The standard InChI is InChI=1S/C27H40N4O3S.C2HF3O2/c1-19(2)17-31(18-20(3)4)27(32)23-9-10-25(30-13-11-28-12-14-30)24(16-23)29-35(33,34)26-15-21(5)7-8-22(26)6;3-2(4,5)1(6)7/h7-10,15-16,19-20,28-29H,11-14,17-18H2,1-6H3;(H,6,7). The highest BCUT2D eigenvalue weighted by Crippen LogP contribution is 2.31. The minimum Gasteiger partial charge on any atom is -0.475 e. The predicted octanol–water partition coefficient (Wildman–Crippen LogP) is 4.90. The predicted molar refractivity (Wildman–Crippen MR) is 158 cm³/mol. The molecule has 0 unspecified atom stereocenters. The van der Waals surface area contributed by atoms with E-state index in [0.717, 1.165) is 37.4 Å². The van der Waals surface area contributed by atoms with Crippen LogP contribution in [0.15, 0.2) is 41.3 Å². The lowest BCUT2D eigenvalue weighted by Crippen LogP contribution is -2.44. The summed E-state index contributed by atoms with van der Waals surface area (Å²) in [7, 11) is -3.85. The van der Waals surface area contributed by atoms with Gasteiger partial charge in [-0.15, -0.1) is 0 Å². The molecule has 0 atom stereocenters. The molecule has 42 heavy (non-hydrogen) atoms. The summed E-state index contributed by atoms with van der Waals surface area (Å²) in [6, 6.07) is 10.8. The molecule has 0 radical (unpaired) electrons. The van der Waals surface area contributed by atoms with Gasteiger partial charge in [-0.1, -0.05) is 39.8 Å². The van der Waals surface area contributed by atoms with Crippen LogP contribution in [0, 0.1) is 25.7 Å². The van der Waals surface area contributed by atoms with E-state index in [-0.39, 0.29) is 10.8 Å². The molecule has 1 fully saturated rings. The van der Waals surface area contributed by atoms with Crippen LogP contribution in [-0.4, -0.2) is 75.7 Å². The normalized spacial score (nSPS) is 13.9. The van der Waals surface area contributed by atoms with Crippen LogP contribution in [0.4, 0.5) is 24.5 Å². The number of hydrogen-bond acceptors (Lipinski definition) is 6. The van der Waals surface area contributed by atoms with Gasteiger partial charge in [0.25, 0.3) is 15.9 Å². The van der Waals surface area contributed by atoms with Crippen molar-refractivity contribution in [1.29, 1.82) is 0 Å². The number of halogens is 3. The summed E-state index contributed by atoms with van der Waals surface area (Å²) in [6.45, 7) is 16.5. The van der Waals surface area contributed by atoms with E-state index in [1.54, 1.807) is 19.1 Å². The van der Waals surface area contributed by atoms with Gasteiger partial charge in [0.2, 0.25) is 0 Å². The van der Waals surface area contributed by atoms with Crippen molar-refractivity contribution in [3.63, 3.8) is 0 Å². The molecule has 9 nitrogen and oxygen atoms in total. The number of amides is 1. The summed E-state index contributed by atoms with van der Waals surface area (Å²) in [5, 5.41) is 10.5. The Balaban J connectivity index is 0.000000782. The van der Waals surface area contributed by atoms with Crippen LogP contribution in [0.5, 0.6) is 0 Å². The third kappa shape index (κ3) is 10.2. The highest BCUT2D eigenvalue weighted by molar-refractivity contribution is 7.92. The molecule has 0 aromatic heterocycles. The fraction of sp³-hybridized carbons (Fsp3) is 0.517. The smallest absolute Gasteiger partial charge is 0.475 e. The van der Waals surface area contributed by atoms with Crippen molar-refractivity contribution < 1.29 is 36.3 Å². The zero-order valence-corrected chi connectivity index (χ0v) is 25.7. The molecular formula is C29H41F3N4O5S. The Hall–Kier alpha value is -3.32. The first kappa shape index (κ1) is 34.9. The second-order valence-corrected chi connectivity index (χ2v) is 12.8. The van der Waals surface area contributed by atoms with Gasteiger partial charge in [-0.05, 0) is 61.1 Å². The van der Waals surface area contributed by atoms with Crippen LogP contribution >= 0.6 is 0 Å². The van der Waals surface area contributed by atoms with E-state index < -0.39 is 22.2 Å². The topological polar surface area (TPSA) is 119 Å². The summed E-state index contributed by atoms with van der Waals surface area (Å²) in [5.41, 5.74) is 3.27. The molecule has 1 aliphatic rings. The average Bonchev–Trinajstić information content (AvgIpc) is 2.88. The van der Waals surface area contributed by atoms with E-state index in [1.165, 1.54) is 0 Å². The van der Waals surface area contributed by atoms with Crippen molar-refractivity contribution in [1.82, 2.24) is 10.2 Å². The molecule has 3 N–H and O–H groups in total. The van der Waals surface area contributed by atoms with Gasteiger partial charge in [0.1, 0.15) is 0 Å². The SMILES string of the molecule is Cc1ccc(C)c(S(=O)(=O)Nc2cc(C(=O)N(CC(C)C)CC(C)C)ccc2N2CCNCC2)c1.O=C(O)C(F)(F)F. The quantitative estimate of drug-likeness (QED) is 0.368. The molecule has 0 saturated carbocycles. The Morgan fingerprint density at radius 2 is 1.55 bits per heavy atom. The second kappa shape index (κ2) is 14.7. The lowest BCUT2D eigenvalue weighted by atomic mass is 10.1. The third-order valence-electron chi connectivity index (χ3n) is 6.28. The first-order chi connectivity index (χ1) is 19.4. The molecule has 3 rings (SSSR count). The molecule has 1 amide bonds. The molecule has 1 heterocycles. The first-order valence-corrected chi connectivity index (χ1v) is 15.2. The van der Waals surface area contributed by atoms with Crippen molar-refractivity contribution in [3.05, 3.63) is 53.1 Å². The maximum atomic E-state index is 13.5. The van der Waals surface area contributed by atoms with Gasteiger partial charge in [0.15, 0.2) is 0 Å². The van der Waals surface area contributed by atoms with Gasteiger partial charge in [-0.2, -0.15) is 13.2 Å². The number of carboxylic acid groups (broad SMARTS) is 1. The summed E-state index contributed by atoms with van der Waals surface area (Å²) in [5.74, 6) is -2.17. The molecule has 13 heteroatoms. The Morgan fingerprint density at radius 1 is 1.00 bits per heavy atom. The molecular weight excluding hydrogens is 573 g/mol. The van der Waals surface area contributed by atoms with Crippen LogP contribution in [-0.2, 0) is 14.8 Å². The molecule has 2 aromatic carbocycles. The minimum absolute atomic E-state index is 0.0774. The maximum absolute atomic E-state index is 13.5. The monoisotopic (exact) mass is 614 g/mol. The number of aliphatic carboxylic acids is 1. The number of piperazine rings is 1. The first-order valence-electron chi connectivity index (χ1n) is 13.7. The van der Waals surface area contributed by atoms with Crippen molar-refractivity contribution in [2.45, 2.75) is 52.6 Å². The number of carbonyl (C=O) groups is 2. The van der Waals surface area contributed by atoms with Gasteiger partial charge in [-0.3, -0.25) is 9.52 Å². The van der Waals surface area contributed by atoms with Gasteiger partial charge in [0, 0.05) is 44.8 Å². The average molecular weight is 615 g/mol. The Kier molecular flexibility index (Phi) is 12.2. The van der Waals surface area contributed by atoms with Crippen LogP contribution in [0.1, 0.15) is 49.2 Å². The number of anilines is 2. The Morgan fingerprint density at radius 3 is 2.05 bits per heavy atom. The Bertz CT molecular complexity index is 1330. The van der Waals surface area contributed by atoms with Crippen LogP contribution < -0.4 is 14.9 Å². The Labute approximate surface area is 246 Å². The van der Waals surface area contributed by atoms with Crippen molar-refractivity contribution >= 4 is 33.3 Å². The summed E-state index contributed by atoms with van der Waals surface area (Å²) in [6.07, 6.45) is -5.08. The van der Waals surface area contributed by atoms with E-state index in [0.29, 0.717) is 41.7 Å². The minimum atomic E-state index is -5.08. The number of hydrogen-bond donors (Lipinski definition) is 3. The van der Waals surface area contributed by atoms with Crippen molar-refractivity contribution in [2.75, 3.05) is 48.9 Å². The fourth-order valence-corrected chi connectivity index (χ4v) is 5.83. The van der Waals surface area contributed by atoms with Gasteiger partial charge < -0.3 is 20.2 Å². The molecule has 2 aromatic rings. The molecule has 0 bridgehead atoms. The van der Waals surface area contributed by atoms with Gasteiger partial charge in [-0.25, -0.2) is 13.2 Å². The van der Waals surface area contributed by atoms with Crippen molar-refractivity contribution in [3.8, 4) is 0 Å². The fourth-order valence-electron chi connectivity index (χ4n) is 4.43. The van der Waals surface area contributed by atoms with Crippen LogP contribution in [0.25, 0.3) is 0 Å². The van der Waals surface area contributed by atoms with Crippen LogP contribution in [0.3, 0.4) is 0 Å². The second-order valence-electron chi connectivity index (χ2n) is 11.1. The molecule has 0 aliphatic carbocycles. The summed E-state index contributed by atoms with van der Waals surface area (Å²) in [4.78, 5) is 26.7.